The van der Waals surface area contributed by atoms with Crippen LogP contribution in [0.2, 0.25) is 0 Å². The average Bonchev–Trinajstić information content (AvgIpc) is 2.40. The molecule has 0 heterocycles. The summed E-state index contributed by atoms with van der Waals surface area (Å²) in [7, 11) is 0. The van der Waals surface area contributed by atoms with Crippen LogP contribution in [0.4, 0.5) is 0 Å². The van der Waals surface area contributed by atoms with E-state index in [-0.39, 0.29) is 11.8 Å². The molecule has 0 unspecified atom stereocenters. The highest BCUT2D eigenvalue weighted by atomic mass is 79.9. The highest BCUT2D eigenvalue weighted by Crippen LogP contribution is 2.07. The van der Waals surface area contributed by atoms with E-state index >= 15 is 0 Å². The van der Waals surface area contributed by atoms with Crippen LogP contribution in [-0.2, 0) is 16.0 Å². The highest BCUT2D eigenvalue weighted by Gasteiger charge is 2.03. The molecule has 0 fully saturated rings. The van der Waals surface area contributed by atoms with E-state index in [2.05, 4.69) is 15.9 Å². The minimum absolute atomic E-state index is 0.0616. The second-order valence-corrected chi connectivity index (χ2v) is 3.90. The Hall–Kier alpha value is -1.16. The number of ketones is 1. The summed E-state index contributed by atoms with van der Waals surface area (Å²) in [5.74, 6) is -0.211. The first-order valence-corrected chi connectivity index (χ1v) is 7.07. The summed E-state index contributed by atoms with van der Waals surface area (Å²) in [6.07, 6.45) is 0.669. The van der Waals surface area contributed by atoms with Crippen molar-refractivity contribution in [2.75, 3.05) is 11.9 Å². The molecule has 0 saturated heterocycles. The Bertz CT molecular complexity index is 371. The van der Waals surface area contributed by atoms with Gasteiger partial charge in [-0.05, 0) is 5.56 Å². The first kappa shape index (κ1) is 16.8. The minimum atomic E-state index is -0.272. The topological polar surface area (TPSA) is 43.4 Å². The molecular weight excluding hydrogens is 296 g/mol. The van der Waals surface area contributed by atoms with Crippen molar-refractivity contribution >= 4 is 27.7 Å². The van der Waals surface area contributed by atoms with Gasteiger partial charge in [-0.25, -0.2) is 0 Å². The number of halogens is 1. The lowest BCUT2D eigenvalue weighted by Gasteiger charge is -2.03. The Labute approximate surface area is 117 Å². The smallest absolute Gasteiger partial charge is 0.302 e. The van der Waals surface area contributed by atoms with E-state index in [0.29, 0.717) is 23.9 Å². The Balaban J connectivity index is 0.00000137. The van der Waals surface area contributed by atoms with Crippen LogP contribution in [-0.4, -0.2) is 23.7 Å². The summed E-state index contributed by atoms with van der Waals surface area (Å²) in [6.45, 7) is 5.76. The van der Waals surface area contributed by atoms with Gasteiger partial charge in [-0.15, -0.1) is 0 Å². The zero-order valence-corrected chi connectivity index (χ0v) is 12.6. The lowest BCUT2D eigenvalue weighted by atomic mass is 10.1. The number of benzene rings is 1. The number of carbonyl (C=O) groups is 2. The summed E-state index contributed by atoms with van der Waals surface area (Å²) in [6, 6.07) is 7.32. The number of hydrogen-bond donors (Lipinski definition) is 0. The third-order valence-electron chi connectivity index (χ3n) is 2.09. The first-order valence-electron chi connectivity index (χ1n) is 5.95. The van der Waals surface area contributed by atoms with Crippen molar-refractivity contribution in [1.29, 1.82) is 0 Å². The van der Waals surface area contributed by atoms with Crippen molar-refractivity contribution < 1.29 is 14.3 Å². The maximum atomic E-state index is 11.3. The number of carbonyl (C=O) groups excluding carboxylic acids is 2. The average molecular weight is 315 g/mol. The van der Waals surface area contributed by atoms with Crippen LogP contribution in [0.1, 0.15) is 36.7 Å². The van der Waals surface area contributed by atoms with E-state index in [0.717, 1.165) is 5.56 Å². The van der Waals surface area contributed by atoms with Crippen LogP contribution in [0.15, 0.2) is 24.3 Å². The van der Waals surface area contributed by atoms with Crippen LogP contribution in [0.25, 0.3) is 0 Å². The van der Waals surface area contributed by atoms with Crippen molar-refractivity contribution in [3.63, 3.8) is 0 Å². The van der Waals surface area contributed by atoms with E-state index in [1.165, 1.54) is 6.92 Å². The second-order valence-electron chi connectivity index (χ2n) is 3.34. The molecule has 0 spiro atoms. The molecule has 0 amide bonds. The molecule has 1 rings (SSSR count). The molecule has 0 aliphatic heterocycles. The summed E-state index contributed by atoms with van der Waals surface area (Å²) < 4.78 is 4.83. The van der Waals surface area contributed by atoms with Crippen molar-refractivity contribution in [3.8, 4) is 0 Å². The Morgan fingerprint density at radius 1 is 1.17 bits per heavy atom. The molecule has 0 radical (unpaired) electrons. The summed E-state index contributed by atoms with van der Waals surface area (Å²) in [5, 5.41) is 0.333. The number of ether oxygens (including phenoxy) is 1. The molecule has 3 nitrogen and oxygen atoms in total. The number of rotatable bonds is 5. The molecular formula is C14H19BrO3. The number of Topliss-reactive ketones (excluding diaryl/α,β-unsaturated/α-hetero) is 1. The van der Waals surface area contributed by atoms with Gasteiger partial charge < -0.3 is 4.74 Å². The molecule has 0 atom stereocenters. The van der Waals surface area contributed by atoms with Gasteiger partial charge in [0.15, 0.2) is 5.78 Å². The minimum Gasteiger partial charge on any atom is -0.466 e. The van der Waals surface area contributed by atoms with Gasteiger partial charge in [-0.1, -0.05) is 54.0 Å². The fourth-order valence-corrected chi connectivity index (χ4v) is 1.57. The molecule has 0 saturated carbocycles. The Morgan fingerprint density at radius 2 is 1.72 bits per heavy atom. The number of esters is 1. The van der Waals surface area contributed by atoms with E-state index in [1.54, 1.807) is 12.1 Å². The summed E-state index contributed by atoms with van der Waals surface area (Å²) >= 11 is 3.12. The van der Waals surface area contributed by atoms with Gasteiger partial charge >= 0.3 is 5.97 Å². The monoisotopic (exact) mass is 314 g/mol. The summed E-state index contributed by atoms with van der Waals surface area (Å²) in [4.78, 5) is 21.9. The summed E-state index contributed by atoms with van der Waals surface area (Å²) in [5.41, 5.74) is 1.74. The van der Waals surface area contributed by atoms with Crippen molar-refractivity contribution in [3.05, 3.63) is 35.4 Å². The molecule has 0 aromatic heterocycles. The zero-order chi connectivity index (χ0) is 14.0. The van der Waals surface area contributed by atoms with Crippen molar-refractivity contribution in [1.82, 2.24) is 0 Å². The number of hydrogen-bond acceptors (Lipinski definition) is 3. The van der Waals surface area contributed by atoms with E-state index in [9.17, 15) is 9.59 Å². The molecule has 0 aliphatic carbocycles. The van der Waals surface area contributed by atoms with E-state index in [4.69, 9.17) is 4.74 Å². The van der Waals surface area contributed by atoms with Gasteiger partial charge in [0.2, 0.25) is 0 Å². The maximum absolute atomic E-state index is 11.3. The normalized spacial score (nSPS) is 9.11. The quantitative estimate of drug-likeness (QED) is 0.475. The first-order chi connectivity index (χ1) is 8.63. The number of alkyl halides is 1. The van der Waals surface area contributed by atoms with Crippen LogP contribution in [0.5, 0.6) is 0 Å². The van der Waals surface area contributed by atoms with Crippen molar-refractivity contribution in [2.24, 2.45) is 0 Å². The highest BCUT2D eigenvalue weighted by molar-refractivity contribution is 9.09. The molecule has 0 bridgehead atoms. The van der Waals surface area contributed by atoms with Gasteiger partial charge in [0.1, 0.15) is 0 Å². The van der Waals surface area contributed by atoms with Gasteiger partial charge in [-0.3, -0.25) is 9.59 Å². The fraction of sp³-hybridized carbons (Fsp3) is 0.429. The fourth-order valence-electron chi connectivity index (χ4n) is 1.25. The SMILES string of the molecule is CC.CC(=O)OCCc1ccc(C(=O)CBr)cc1. The van der Waals surface area contributed by atoms with E-state index in [1.807, 2.05) is 26.0 Å². The van der Waals surface area contributed by atoms with E-state index < -0.39 is 0 Å². The zero-order valence-electron chi connectivity index (χ0n) is 11.0. The Kier molecular flexibility index (Phi) is 9.19. The lowest BCUT2D eigenvalue weighted by molar-refractivity contribution is -0.140. The standard InChI is InChI=1S/C12H13BrO3.C2H6/c1-9(14)16-7-6-10-2-4-11(5-3-10)12(15)8-13;1-2/h2-5H,6-8H2,1H3;1-2H3. The largest absolute Gasteiger partial charge is 0.466 e. The molecule has 0 aliphatic rings. The molecule has 1 aromatic rings. The predicted molar refractivity (Wildman–Crippen MR) is 76.3 cm³/mol. The van der Waals surface area contributed by atoms with Crippen LogP contribution in [0, 0.1) is 0 Å². The second kappa shape index (κ2) is 9.83. The maximum Gasteiger partial charge on any atom is 0.302 e. The molecule has 1 aromatic carbocycles. The predicted octanol–water partition coefficient (Wildman–Crippen LogP) is 3.40. The van der Waals surface area contributed by atoms with Gasteiger partial charge in [0.05, 0.1) is 11.9 Å². The third kappa shape index (κ3) is 6.55. The lowest BCUT2D eigenvalue weighted by Crippen LogP contribution is -2.04. The van der Waals surface area contributed by atoms with Crippen LogP contribution in [0.3, 0.4) is 0 Å². The van der Waals surface area contributed by atoms with Gasteiger partial charge in [-0.2, -0.15) is 0 Å². The third-order valence-corrected chi connectivity index (χ3v) is 2.60. The molecule has 0 N–H and O–H groups in total. The molecule has 18 heavy (non-hydrogen) atoms. The van der Waals surface area contributed by atoms with Crippen LogP contribution >= 0.6 is 15.9 Å². The van der Waals surface area contributed by atoms with Crippen molar-refractivity contribution in [2.45, 2.75) is 27.2 Å². The molecule has 4 heteroatoms. The Morgan fingerprint density at radius 3 is 2.17 bits per heavy atom. The van der Waals surface area contributed by atoms with Gasteiger partial charge in [0.25, 0.3) is 0 Å². The molecule has 100 valence electrons. The van der Waals surface area contributed by atoms with Gasteiger partial charge in [0, 0.05) is 18.9 Å². The van der Waals surface area contributed by atoms with Crippen LogP contribution < -0.4 is 0 Å².